The molecule has 1 heterocycles. The zero-order chi connectivity index (χ0) is 28.3. The molecule has 3 aromatic rings. The number of methoxy groups -OCH3 is 1. The van der Waals surface area contributed by atoms with E-state index in [2.05, 4.69) is 5.32 Å². The minimum Gasteiger partial charge on any atom is -0.488 e. The molecule has 1 aliphatic heterocycles. The van der Waals surface area contributed by atoms with Crippen molar-refractivity contribution in [1.29, 1.82) is 0 Å². The van der Waals surface area contributed by atoms with Gasteiger partial charge in [0, 0.05) is 17.0 Å². The predicted molar refractivity (Wildman–Crippen MR) is 158 cm³/mol. The summed E-state index contributed by atoms with van der Waals surface area (Å²) in [4.78, 5) is 27.9. The first-order chi connectivity index (χ1) is 19.5. The van der Waals surface area contributed by atoms with Gasteiger partial charge in [-0.3, -0.25) is 4.90 Å². The maximum atomic E-state index is 12.5. The number of esters is 1. The Hall–Kier alpha value is -3.86. The number of nitrogens with zero attached hydrogens (tertiary/aromatic N) is 1. The number of amides is 1. The summed E-state index contributed by atoms with van der Waals surface area (Å²) in [5.41, 5.74) is 3.89. The molecule has 0 radical (unpaired) electrons. The third kappa shape index (κ3) is 8.08. The van der Waals surface area contributed by atoms with E-state index in [1.807, 2.05) is 91.9 Å². The van der Waals surface area contributed by atoms with Crippen LogP contribution in [0.5, 0.6) is 5.75 Å². The number of hydrogen-bond acceptors (Lipinski definition) is 7. The summed E-state index contributed by atoms with van der Waals surface area (Å²) in [5, 5.41) is 2.57. The zero-order valence-corrected chi connectivity index (χ0v) is 23.8. The van der Waals surface area contributed by atoms with Crippen molar-refractivity contribution >= 4 is 46.1 Å². The van der Waals surface area contributed by atoms with Crippen molar-refractivity contribution in [2.45, 2.75) is 26.2 Å². The van der Waals surface area contributed by atoms with Gasteiger partial charge >= 0.3 is 12.1 Å². The number of carbonyl (C=O) groups excluding carboxylic acids is 2. The molecule has 1 N–H and O–H groups in total. The second-order valence-electron chi connectivity index (χ2n) is 8.99. The predicted octanol–water partition coefficient (Wildman–Crippen LogP) is 4.73. The minimum absolute atomic E-state index is 0.0492. The van der Waals surface area contributed by atoms with E-state index in [4.69, 9.17) is 14.2 Å². The number of alkyl carbamates (subject to hydrolysis) is 1. The van der Waals surface area contributed by atoms with E-state index in [-0.39, 0.29) is 13.2 Å². The first-order valence-corrected chi connectivity index (χ1v) is 14.3. The largest absolute Gasteiger partial charge is 0.488 e. The Morgan fingerprint density at radius 1 is 1.00 bits per heavy atom. The summed E-state index contributed by atoms with van der Waals surface area (Å²) in [6.45, 7) is 2.57. The number of thioether (sulfide) groups is 1. The topological polar surface area (TPSA) is 94.2 Å². The van der Waals surface area contributed by atoms with Crippen molar-refractivity contribution in [2.75, 3.05) is 19.5 Å². The van der Waals surface area contributed by atoms with E-state index < -0.39 is 18.1 Å². The Kier molecular flexibility index (Phi) is 10.6. The molecule has 208 valence electrons. The third-order valence-electron chi connectivity index (χ3n) is 6.07. The van der Waals surface area contributed by atoms with Crippen LogP contribution in [0.4, 0.5) is 4.79 Å². The van der Waals surface area contributed by atoms with Crippen molar-refractivity contribution < 1.29 is 28.0 Å². The average Bonchev–Trinajstić information content (AvgIpc) is 3.36. The average molecular weight is 579 g/mol. The summed E-state index contributed by atoms with van der Waals surface area (Å²) >= 11 is 1.81. The molecule has 0 saturated carbocycles. The van der Waals surface area contributed by atoms with Gasteiger partial charge < -0.3 is 19.5 Å². The highest BCUT2D eigenvalue weighted by Crippen LogP contribution is 2.32. The lowest BCUT2D eigenvalue weighted by atomic mass is 10.1. The number of ether oxygens (including phenoxy) is 3. The van der Waals surface area contributed by atoms with E-state index in [9.17, 15) is 13.8 Å². The molecule has 1 unspecified atom stereocenters. The maximum absolute atomic E-state index is 12.5. The van der Waals surface area contributed by atoms with E-state index in [1.54, 1.807) is 4.90 Å². The van der Waals surface area contributed by atoms with Gasteiger partial charge in [-0.25, -0.2) is 13.8 Å². The molecule has 1 atom stereocenters. The molecule has 0 aromatic heterocycles. The van der Waals surface area contributed by atoms with Crippen LogP contribution in [-0.4, -0.2) is 51.7 Å². The fourth-order valence-corrected chi connectivity index (χ4v) is 5.66. The van der Waals surface area contributed by atoms with Crippen molar-refractivity contribution in [2.24, 2.45) is 0 Å². The highest BCUT2D eigenvalue weighted by atomic mass is 32.2. The van der Waals surface area contributed by atoms with Crippen LogP contribution in [0.1, 0.15) is 22.3 Å². The molecule has 1 saturated heterocycles. The molecule has 0 bridgehead atoms. The van der Waals surface area contributed by atoms with Gasteiger partial charge in [0.1, 0.15) is 41.2 Å². The van der Waals surface area contributed by atoms with E-state index in [1.165, 1.54) is 24.4 Å². The number of nitrogens with one attached hydrogen (secondary N) is 1. The molecule has 1 aliphatic rings. The highest BCUT2D eigenvalue weighted by Gasteiger charge is 2.32. The Morgan fingerprint density at radius 3 is 2.42 bits per heavy atom. The minimum atomic E-state index is -1.03. The Balaban J connectivity index is 1.42. The molecule has 3 aromatic carbocycles. The Bertz CT molecular complexity index is 1410. The molecular formula is C30H30N2O6S2. The van der Waals surface area contributed by atoms with E-state index in [0.717, 1.165) is 21.6 Å². The second kappa shape index (κ2) is 14.5. The van der Waals surface area contributed by atoms with Crippen molar-refractivity contribution in [3.05, 3.63) is 106 Å². The normalized spacial score (nSPS) is 14.9. The number of aryl methyl sites for hydroxylation is 1. The first kappa shape index (κ1) is 29.1. The lowest BCUT2D eigenvalue weighted by Gasteiger charge is -2.21. The lowest BCUT2D eigenvalue weighted by Crippen LogP contribution is -2.49. The fourth-order valence-electron chi connectivity index (χ4n) is 3.92. The van der Waals surface area contributed by atoms with Crippen LogP contribution < -0.4 is 10.1 Å². The fraction of sp³-hybridized carbons (Fsp3) is 0.233. The van der Waals surface area contributed by atoms with Crippen molar-refractivity contribution in [3.63, 3.8) is 0 Å². The van der Waals surface area contributed by atoms with Gasteiger partial charge in [-0.2, -0.15) is 0 Å². The highest BCUT2D eigenvalue weighted by molar-refractivity contribution is 8.05. The molecule has 4 rings (SSSR count). The van der Waals surface area contributed by atoms with Gasteiger partial charge in [0.05, 0.1) is 13.0 Å². The van der Waals surface area contributed by atoms with Crippen LogP contribution in [0.15, 0.2) is 83.8 Å². The summed E-state index contributed by atoms with van der Waals surface area (Å²) in [6, 6.07) is 24.0. The summed E-state index contributed by atoms with van der Waals surface area (Å²) in [7, 11) is 1.25. The Morgan fingerprint density at radius 2 is 1.70 bits per heavy atom. The van der Waals surface area contributed by atoms with Gasteiger partial charge in [-0.05, 0) is 30.2 Å². The van der Waals surface area contributed by atoms with Gasteiger partial charge in [0.2, 0.25) is 0 Å². The second-order valence-corrected chi connectivity index (χ2v) is 10.5. The lowest BCUT2D eigenvalue weighted by molar-refractivity contribution is -0.143. The maximum Gasteiger partial charge on any atom is 0.408 e. The molecule has 1 amide bonds. The number of rotatable bonds is 10. The van der Waals surface area contributed by atoms with Crippen LogP contribution in [0.25, 0.3) is 6.08 Å². The quantitative estimate of drug-likeness (QED) is 0.210. The number of carbonyl (C=O) groups is 2. The smallest absolute Gasteiger partial charge is 0.408 e. The van der Waals surface area contributed by atoms with Crippen LogP contribution >= 0.6 is 11.8 Å². The number of para-hydroxylation sites is 1. The van der Waals surface area contributed by atoms with Gasteiger partial charge in [-0.15, -0.1) is 11.8 Å². The van der Waals surface area contributed by atoms with Crippen LogP contribution in [0.3, 0.4) is 0 Å². The third-order valence-corrected chi connectivity index (χ3v) is 7.90. The standard InChI is InChI=1S/C30H30N2O6S2/c1-21-12-14-23(15-13-21)18-37-26-11-7-6-10-24(26)16-27-28(40-35)32(20-39-27)17-25(29(33)36-2)31-30(34)38-19-22-8-4-3-5-9-22/h3-16,25H,17-20H2,1-2H3,(H,31,34)/b27-16-. The SMILES string of the molecule is COC(=O)C(CN1CS/C(=C\c2ccccc2OCc2ccc(C)cc2)C1=S=O)NC(=O)OCc1ccccc1. The summed E-state index contributed by atoms with van der Waals surface area (Å²) in [6.07, 6.45) is 1.15. The van der Waals surface area contributed by atoms with Crippen LogP contribution in [0, 0.1) is 6.92 Å². The first-order valence-electron chi connectivity index (χ1n) is 12.6. The van der Waals surface area contributed by atoms with Gasteiger partial charge in [0.25, 0.3) is 0 Å². The summed E-state index contributed by atoms with van der Waals surface area (Å²) < 4.78 is 28.4. The van der Waals surface area contributed by atoms with Crippen molar-refractivity contribution in [1.82, 2.24) is 10.2 Å². The molecule has 0 spiro atoms. The molecular weight excluding hydrogens is 548 g/mol. The zero-order valence-electron chi connectivity index (χ0n) is 22.2. The number of benzene rings is 3. The molecule has 40 heavy (non-hydrogen) atoms. The van der Waals surface area contributed by atoms with Crippen LogP contribution in [-0.2, 0) is 38.7 Å². The summed E-state index contributed by atoms with van der Waals surface area (Å²) in [5.74, 6) is 0.487. The number of hydrogen-bond donors (Lipinski definition) is 1. The van der Waals surface area contributed by atoms with E-state index >= 15 is 0 Å². The van der Waals surface area contributed by atoms with E-state index in [0.29, 0.717) is 34.5 Å². The monoisotopic (exact) mass is 578 g/mol. The molecule has 0 aliphatic carbocycles. The Labute approximate surface area is 241 Å². The molecule has 8 nitrogen and oxygen atoms in total. The van der Waals surface area contributed by atoms with Gasteiger partial charge in [-0.1, -0.05) is 78.4 Å². The molecule has 10 heteroatoms. The van der Waals surface area contributed by atoms with Gasteiger partial charge in [0.15, 0.2) is 0 Å². The van der Waals surface area contributed by atoms with Crippen LogP contribution in [0.2, 0.25) is 0 Å². The van der Waals surface area contributed by atoms with Crippen molar-refractivity contribution in [3.8, 4) is 5.75 Å². The molecule has 1 fully saturated rings.